The molecule has 1 aliphatic heterocycles. The molecule has 1 unspecified atom stereocenters. The maximum atomic E-state index is 11.8. The molecule has 0 aromatic rings. The maximum absolute atomic E-state index is 11.8. The Bertz CT molecular complexity index is 335. The Hall–Kier alpha value is -1.30. The zero-order valence-electron chi connectivity index (χ0n) is 10.4. The van der Waals surface area contributed by atoms with Crippen molar-refractivity contribution in [2.45, 2.75) is 19.3 Å². The number of piperidine rings is 1. The first-order valence-corrected chi connectivity index (χ1v) is 6.48. The predicted molar refractivity (Wildman–Crippen MR) is 67.2 cm³/mol. The molecule has 0 spiro atoms. The summed E-state index contributed by atoms with van der Waals surface area (Å²) in [4.78, 5) is 36.0. The van der Waals surface area contributed by atoms with Crippen LogP contribution >= 0.6 is 11.6 Å². The van der Waals surface area contributed by atoms with Crippen molar-refractivity contribution in [2.75, 3.05) is 26.0 Å². The lowest BCUT2D eigenvalue weighted by molar-refractivity contribution is -0.125. The molecule has 6 nitrogen and oxygen atoms in total. The Morgan fingerprint density at radius 1 is 1.39 bits per heavy atom. The molecular weight excluding hydrogens is 258 g/mol. The lowest BCUT2D eigenvalue weighted by Crippen LogP contribution is -2.49. The summed E-state index contributed by atoms with van der Waals surface area (Å²) in [7, 11) is 1.57. The van der Waals surface area contributed by atoms with Gasteiger partial charge in [-0.05, 0) is 12.8 Å². The molecule has 0 aromatic heterocycles. The molecule has 2 N–H and O–H groups in total. The highest BCUT2D eigenvalue weighted by Crippen LogP contribution is 2.16. The third-order valence-corrected chi connectivity index (χ3v) is 3.08. The van der Waals surface area contributed by atoms with Crippen LogP contribution < -0.4 is 10.6 Å². The summed E-state index contributed by atoms with van der Waals surface area (Å²) in [6.45, 7) is 0.910. The van der Waals surface area contributed by atoms with Gasteiger partial charge in [-0.2, -0.15) is 0 Å². The zero-order valence-corrected chi connectivity index (χ0v) is 11.1. The van der Waals surface area contributed by atoms with Gasteiger partial charge in [0.1, 0.15) is 0 Å². The van der Waals surface area contributed by atoms with Gasteiger partial charge < -0.3 is 10.2 Å². The number of hydrogen-bond donors (Lipinski definition) is 2. The quantitative estimate of drug-likeness (QED) is 0.728. The SMILES string of the molecule is CNC(=O)C1CCCN(C(=O)NC(=O)CCCl)C1. The molecular formula is C11H18ClN3O3. The van der Waals surface area contributed by atoms with Crippen molar-refractivity contribution in [2.24, 2.45) is 5.92 Å². The summed E-state index contributed by atoms with van der Waals surface area (Å²) in [5.74, 6) is -0.478. The van der Waals surface area contributed by atoms with E-state index >= 15 is 0 Å². The first kappa shape index (κ1) is 14.8. The Kier molecular flexibility index (Phi) is 5.91. The Balaban J connectivity index is 2.48. The van der Waals surface area contributed by atoms with E-state index in [1.807, 2.05) is 0 Å². The standard InChI is InChI=1S/C11H18ClN3O3/c1-13-10(17)8-3-2-6-15(7-8)11(18)14-9(16)4-5-12/h8H,2-7H2,1H3,(H,13,17)(H,14,16,18). The number of nitrogens with one attached hydrogen (secondary N) is 2. The molecule has 1 aliphatic rings. The molecule has 7 heteroatoms. The van der Waals surface area contributed by atoms with Crippen LogP contribution in [0.1, 0.15) is 19.3 Å². The summed E-state index contributed by atoms with van der Waals surface area (Å²) in [5, 5.41) is 4.83. The molecule has 1 atom stereocenters. The number of rotatable bonds is 3. The van der Waals surface area contributed by atoms with E-state index < -0.39 is 11.9 Å². The number of imide groups is 1. The molecule has 0 saturated carbocycles. The van der Waals surface area contributed by atoms with Gasteiger partial charge in [0, 0.05) is 32.4 Å². The van der Waals surface area contributed by atoms with E-state index in [9.17, 15) is 14.4 Å². The van der Waals surface area contributed by atoms with Crippen LogP contribution in [0.3, 0.4) is 0 Å². The van der Waals surface area contributed by atoms with Gasteiger partial charge in [-0.25, -0.2) is 4.79 Å². The first-order chi connectivity index (χ1) is 8.58. The number of nitrogens with zero attached hydrogens (tertiary/aromatic N) is 1. The molecule has 4 amide bonds. The highest BCUT2D eigenvalue weighted by atomic mass is 35.5. The number of carbonyl (C=O) groups is 3. The number of urea groups is 1. The van der Waals surface area contributed by atoms with Gasteiger partial charge in [-0.1, -0.05) is 0 Å². The molecule has 0 aromatic carbocycles. The number of hydrogen-bond acceptors (Lipinski definition) is 3. The average Bonchev–Trinajstić information content (AvgIpc) is 2.38. The first-order valence-electron chi connectivity index (χ1n) is 5.94. The summed E-state index contributed by atoms with van der Waals surface area (Å²) >= 11 is 5.41. The van der Waals surface area contributed by atoms with E-state index in [0.29, 0.717) is 13.1 Å². The van der Waals surface area contributed by atoms with Crippen molar-refractivity contribution >= 4 is 29.4 Å². The molecule has 1 rings (SSSR count). The minimum atomic E-state index is -0.446. The Labute approximate surface area is 111 Å². The zero-order chi connectivity index (χ0) is 13.5. The average molecular weight is 276 g/mol. The Morgan fingerprint density at radius 2 is 2.11 bits per heavy atom. The number of halogens is 1. The van der Waals surface area contributed by atoms with Crippen molar-refractivity contribution in [3.05, 3.63) is 0 Å². The van der Waals surface area contributed by atoms with Crippen molar-refractivity contribution in [3.63, 3.8) is 0 Å². The van der Waals surface area contributed by atoms with Crippen molar-refractivity contribution in [1.29, 1.82) is 0 Å². The fourth-order valence-electron chi connectivity index (χ4n) is 1.93. The maximum Gasteiger partial charge on any atom is 0.324 e. The van der Waals surface area contributed by atoms with Crippen molar-refractivity contribution < 1.29 is 14.4 Å². The molecule has 0 bridgehead atoms. The van der Waals surface area contributed by atoms with Gasteiger partial charge in [0.15, 0.2) is 0 Å². The second-order valence-electron chi connectivity index (χ2n) is 4.19. The number of amides is 4. The van der Waals surface area contributed by atoms with Crippen LogP contribution in [0.4, 0.5) is 4.79 Å². The van der Waals surface area contributed by atoms with Gasteiger partial charge >= 0.3 is 6.03 Å². The second-order valence-corrected chi connectivity index (χ2v) is 4.57. The van der Waals surface area contributed by atoms with Gasteiger partial charge in [-0.15, -0.1) is 11.6 Å². The number of alkyl halides is 1. The summed E-state index contributed by atoms with van der Waals surface area (Å²) in [6, 6.07) is -0.446. The van der Waals surface area contributed by atoms with Gasteiger partial charge in [0.05, 0.1) is 5.92 Å². The lowest BCUT2D eigenvalue weighted by Gasteiger charge is -2.31. The van der Waals surface area contributed by atoms with E-state index in [1.165, 1.54) is 4.90 Å². The highest BCUT2D eigenvalue weighted by Gasteiger charge is 2.28. The monoisotopic (exact) mass is 275 g/mol. The van der Waals surface area contributed by atoms with Crippen LogP contribution in [-0.2, 0) is 9.59 Å². The van der Waals surface area contributed by atoms with E-state index in [2.05, 4.69) is 10.6 Å². The highest BCUT2D eigenvalue weighted by molar-refractivity contribution is 6.19. The molecule has 1 heterocycles. The van der Waals surface area contributed by atoms with Crippen LogP contribution in [0.2, 0.25) is 0 Å². The molecule has 1 saturated heterocycles. The molecule has 0 aliphatic carbocycles. The molecule has 18 heavy (non-hydrogen) atoms. The minimum Gasteiger partial charge on any atom is -0.359 e. The summed E-state index contributed by atoms with van der Waals surface area (Å²) in [6.07, 6.45) is 1.63. The van der Waals surface area contributed by atoms with Crippen molar-refractivity contribution in [1.82, 2.24) is 15.5 Å². The molecule has 1 fully saturated rings. The largest absolute Gasteiger partial charge is 0.359 e. The van der Waals surface area contributed by atoms with Crippen LogP contribution in [0.25, 0.3) is 0 Å². The van der Waals surface area contributed by atoms with Crippen LogP contribution in [-0.4, -0.2) is 48.8 Å². The summed E-state index contributed by atoms with van der Waals surface area (Å²) in [5.41, 5.74) is 0. The second kappa shape index (κ2) is 7.20. The predicted octanol–water partition coefficient (Wildman–Crippen LogP) is 0.309. The van der Waals surface area contributed by atoms with E-state index in [0.717, 1.165) is 12.8 Å². The minimum absolute atomic E-state index is 0.0698. The number of carbonyl (C=O) groups excluding carboxylic acids is 3. The van der Waals surface area contributed by atoms with Crippen molar-refractivity contribution in [3.8, 4) is 0 Å². The third-order valence-electron chi connectivity index (χ3n) is 2.89. The van der Waals surface area contributed by atoms with Gasteiger partial charge in [-0.3, -0.25) is 14.9 Å². The fourth-order valence-corrected chi connectivity index (χ4v) is 2.10. The number of likely N-dealkylation sites (tertiary alicyclic amines) is 1. The molecule has 0 radical (unpaired) electrons. The topological polar surface area (TPSA) is 78.5 Å². The van der Waals surface area contributed by atoms with Crippen LogP contribution in [0, 0.1) is 5.92 Å². The van der Waals surface area contributed by atoms with E-state index in [-0.39, 0.29) is 24.1 Å². The van der Waals surface area contributed by atoms with E-state index in [4.69, 9.17) is 11.6 Å². The Morgan fingerprint density at radius 3 is 2.72 bits per heavy atom. The summed E-state index contributed by atoms with van der Waals surface area (Å²) < 4.78 is 0. The van der Waals surface area contributed by atoms with E-state index in [1.54, 1.807) is 7.05 Å². The van der Waals surface area contributed by atoms with Crippen LogP contribution in [0.15, 0.2) is 0 Å². The smallest absolute Gasteiger partial charge is 0.324 e. The third kappa shape index (κ3) is 4.18. The molecule has 102 valence electrons. The normalized spacial score (nSPS) is 19.2. The lowest BCUT2D eigenvalue weighted by atomic mass is 9.97. The fraction of sp³-hybridized carbons (Fsp3) is 0.727. The van der Waals surface area contributed by atoms with Gasteiger partial charge in [0.25, 0.3) is 0 Å². The van der Waals surface area contributed by atoms with Crippen LogP contribution in [0.5, 0.6) is 0 Å². The van der Waals surface area contributed by atoms with Gasteiger partial charge in [0.2, 0.25) is 11.8 Å².